The maximum absolute atomic E-state index is 12.7. The number of hydrogen-bond acceptors (Lipinski definition) is 6. The molecule has 0 aliphatic carbocycles. The molecule has 1 aliphatic rings. The van der Waals surface area contributed by atoms with Crippen LogP contribution < -0.4 is 10.1 Å². The Bertz CT molecular complexity index is 1050. The van der Waals surface area contributed by atoms with Crippen molar-refractivity contribution < 1.29 is 9.53 Å². The number of piperidine rings is 1. The summed E-state index contributed by atoms with van der Waals surface area (Å²) in [5, 5.41) is 12.6. The van der Waals surface area contributed by atoms with Crippen LogP contribution in [0, 0.1) is 0 Å². The lowest BCUT2D eigenvalue weighted by molar-refractivity contribution is -0.118. The Balaban J connectivity index is 1.37. The van der Waals surface area contributed by atoms with Crippen LogP contribution in [0.15, 0.2) is 60.0 Å². The van der Waals surface area contributed by atoms with Gasteiger partial charge < -0.3 is 10.1 Å². The maximum atomic E-state index is 12.7. The first kappa shape index (κ1) is 23.6. The molecule has 1 aromatic heterocycles. The standard InChI is InChI=1S/C24H28ClN5O2S/c1-32-21-10-8-18(9-11-21)22(29-12-3-2-4-13-29)15-26-23(31)16-33-24-28-27-17-30(24)20-7-5-6-19(25)14-20/h5-11,14,17,22H,2-4,12-13,15-16H2,1H3,(H,26,31). The van der Waals surface area contributed by atoms with E-state index in [1.165, 1.54) is 36.6 Å². The van der Waals surface area contributed by atoms with E-state index in [9.17, 15) is 4.79 Å². The Hall–Kier alpha value is -2.55. The molecule has 7 nitrogen and oxygen atoms in total. The predicted molar refractivity (Wildman–Crippen MR) is 131 cm³/mol. The number of rotatable bonds is 9. The average molecular weight is 486 g/mol. The second kappa shape index (κ2) is 11.5. The van der Waals surface area contributed by atoms with E-state index in [2.05, 4.69) is 32.5 Å². The van der Waals surface area contributed by atoms with E-state index in [0.717, 1.165) is 24.5 Å². The summed E-state index contributed by atoms with van der Waals surface area (Å²) in [5.41, 5.74) is 2.05. The van der Waals surface area contributed by atoms with E-state index >= 15 is 0 Å². The zero-order valence-corrected chi connectivity index (χ0v) is 20.2. The Labute approximate surface area is 203 Å². The lowest BCUT2D eigenvalue weighted by atomic mass is 10.0. The number of aromatic nitrogens is 3. The number of ether oxygens (including phenoxy) is 1. The zero-order chi connectivity index (χ0) is 23.0. The summed E-state index contributed by atoms with van der Waals surface area (Å²) in [6.45, 7) is 2.65. The fraction of sp³-hybridized carbons (Fsp3) is 0.375. The normalized spacial score (nSPS) is 15.2. The second-order valence-electron chi connectivity index (χ2n) is 7.94. The highest BCUT2D eigenvalue weighted by atomic mass is 35.5. The number of likely N-dealkylation sites (tertiary alicyclic amines) is 1. The number of amides is 1. The van der Waals surface area contributed by atoms with E-state index in [0.29, 0.717) is 16.7 Å². The molecule has 3 aromatic rings. The van der Waals surface area contributed by atoms with E-state index in [1.807, 2.05) is 41.0 Å². The first-order valence-electron chi connectivity index (χ1n) is 11.1. The summed E-state index contributed by atoms with van der Waals surface area (Å²) >= 11 is 7.46. The minimum Gasteiger partial charge on any atom is -0.497 e. The Morgan fingerprint density at radius 2 is 1.97 bits per heavy atom. The van der Waals surface area contributed by atoms with Crippen LogP contribution in [0.3, 0.4) is 0 Å². The van der Waals surface area contributed by atoms with Gasteiger partial charge in [0.15, 0.2) is 5.16 Å². The molecule has 33 heavy (non-hydrogen) atoms. The Morgan fingerprint density at radius 3 is 2.70 bits per heavy atom. The highest BCUT2D eigenvalue weighted by Crippen LogP contribution is 2.26. The molecule has 2 aromatic carbocycles. The largest absolute Gasteiger partial charge is 0.497 e. The summed E-state index contributed by atoms with van der Waals surface area (Å²) in [5.74, 6) is 1.06. The number of carbonyl (C=O) groups is 1. The number of nitrogens with zero attached hydrogens (tertiary/aromatic N) is 4. The highest BCUT2D eigenvalue weighted by Gasteiger charge is 2.23. The van der Waals surface area contributed by atoms with E-state index in [-0.39, 0.29) is 17.7 Å². The van der Waals surface area contributed by atoms with E-state index in [1.54, 1.807) is 13.4 Å². The van der Waals surface area contributed by atoms with Gasteiger partial charge in [-0.05, 0) is 61.8 Å². The van der Waals surface area contributed by atoms with Crippen molar-refractivity contribution >= 4 is 29.3 Å². The van der Waals surface area contributed by atoms with E-state index in [4.69, 9.17) is 16.3 Å². The monoisotopic (exact) mass is 485 g/mol. The number of halogens is 1. The van der Waals surface area contributed by atoms with Crippen molar-refractivity contribution in [2.45, 2.75) is 30.5 Å². The van der Waals surface area contributed by atoms with Crippen LogP contribution in [-0.2, 0) is 4.79 Å². The third kappa shape index (κ3) is 6.28. The number of carbonyl (C=O) groups excluding carboxylic acids is 1. The molecule has 1 atom stereocenters. The first-order chi connectivity index (χ1) is 16.1. The molecule has 1 fully saturated rings. The number of benzene rings is 2. The van der Waals surface area contributed by atoms with Crippen LogP contribution in [0.4, 0.5) is 0 Å². The summed E-state index contributed by atoms with van der Waals surface area (Å²) in [6, 6.07) is 15.7. The summed E-state index contributed by atoms with van der Waals surface area (Å²) in [6.07, 6.45) is 5.27. The molecule has 4 rings (SSSR count). The highest BCUT2D eigenvalue weighted by molar-refractivity contribution is 7.99. The lowest BCUT2D eigenvalue weighted by Crippen LogP contribution is -2.41. The number of methoxy groups -OCH3 is 1. The molecule has 1 aliphatic heterocycles. The van der Waals surface area contributed by atoms with Gasteiger partial charge in [0.05, 0.1) is 24.6 Å². The molecule has 0 spiro atoms. The van der Waals surface area contributed by atoms with Crippen LogP contribution in [0.2, 0.25) is 5.02 Å². The zero-order valence-electron chi connectivity index (χ0n) is 18.6. The maximum Gasteiger partial charge on any atom is 0.230 e. The predicted octanol–water partition coefficient (Wildman–Crippen LogP) is 4.36. The Morgan fingerprint density at radius 1 is 1.18 bits per heavy atom. The molecule has 174 valence electrons. The molecule has 9 heteroatoms. The molecule has 0 saturated carbocycles. The molecular formula is C24H28ClN5O2S. The van der Waals surface area contributed by atoms with Crippen molar-refractivity contribution in [2.24, 2.45) is 0 Å². The molecule has 0 radical (unpaired) electrons. The molecule has 1 amide bonds. The molecule has 2 heterocycles. The third-order valence-electron chi connectivity index (χ3n) is 5.76. The van der Waals surface area contributed by atoms with Crippen molar-refractivity contribution in [1.29, 1.82) is 0 Å². The van der Waals surface area contributed by atoms with Crippen molar-refractivity contribution in [3.8, 4) is 11.4 Å². The molecule has 1 unspecified atom stereocenters. The fourth-order valence-electron chi connectivity index (χ4n) is 4.03. The van der Waals surface area contributed by atoms with Gasteiger partial charge in [-0.3, -0.25) is 14.3 Å². The van der Waals surface area contributed by atoms with Gasteiger partial charge in [-0.1, -0.05) is 48.0 Å². The summed E-state index contributed by atoms with van der Waals surface area (Å²) in [4.78, 5) is 15.2. The van der Waals surface area contributed by atoms with Crippen molar-refractivity contribution in [1.82, 2.24) is 25.0 Å². The Kier molecular flexibility index (Phi) is 8.25. The minimum absolute atomic E-state index is 0.0313. The molecule has 1 N–H and O–H groups in total. The molecule has 1 saturated heterocycles. The summed E-state index contributed by atoms with van der Waals surface area (Å²) < 4.78 is 7.13. The van der Waals surface area contributed by atoms with Crippen LogP contribution in [0.5, 0.6) is 5.75 Å². The summed E-state index contributed by atoms with van der Waals surface area (Å²) in [7, 11) is 1.67. The van der Waals surface area contributed by atoms with Gasteiger partial charge in [-0.15, -0.1) is 10.2 Å². The topological polar surface area (TPSA) is 72.3 Å². The van der Waals surface area contributed by atoms with Gasteiger partial charge in [0.25, 0.3) is 0 Å². The fourth-order valence-corrected chi connectivity index (χ4v) is 4.97. The lowest BCUT2D eigenvalue weighted by Gasteiger charge is -2.35. The van der Waals surface area contributed by atoms with Crippen LogP contribution in [0.1, 0.15) is 30.9 Å². The third-order valence-corrected chi connectivity index (χ3v) is 6.94. The van der Waals surface area contributed by atoms with Crippen molar-refractivity contribution in [3.05, 3.63) is 65.4 Å². The van der Waals surface area contributed by atoms with Gasteiger partial charge in [0.1, 0.15) is 12.1 Å². The smallest absolute Gasteiger partial charge is 0.230 e. The van der Waals surface area contributed by atoms with Gasteiger partial charge in [-0.25, -0.2) is 0 Å². The minimum atomic E-state index is -0.0313. The quantitative estimate of drug-likeness (QED) is 0.454. The second-order valence-corrected chi connectivity index (χ2v) is 9.32. The van der Waals surface area contributed by atoms with Gasteiger partial charge in [0, 0.05) is 11.6 Å². The molecule has 0 bridgehead atoms. The van der Waals surface area contributed by atoms with Crippen LogP contribution >= 0.6 is 23.4 Å². The SMILES string of the molecule is COc1ccc(C(CNC(=O)CSc2nncn2-c2cccc(Cl)c2)N2CCCCC2)cc1. The number of thioether (sulfide) groups is 1. The average Bonchev–Trinajstić information content (AvgIpc) is 3.33. The van der Waals surface area contributed by atoms with Gasteiger partial charge in [-0.2, -0.15) is 0 Å². The van der Waals surface area contributed by atoms with Crippen molar-refractivity contribution in [2.75, 3.05) is 32.5 Å². The van der Waals surface area contributed by atoms with Gasteiger partial charge in [0.2, 0.25) is 5.91 Å². The van der Waals surface area contributed by atoms with Crippen LogP contribution in [-0.4, -0.2) is 58.1 Å². The molecular weight excluding hydrogens is 458 g/mol. The van der Waals surface area contributed by atoms with Gasteiger partial charge >= 0.3 is 0 Å². The first-order valence-corrected chi connectivity index (χ1v) is 12.4. The van der Waals surface area contributed by atoms with Crippen molar-refractivity contribution in [3.63, 3.8) is 0 Å². The number of nitrogens with one attached hydrogen (secondary N) is 1. The van der Waals surface area contributed by atoms with Crippen LogP contribution in [0.25, 0.3) is 5.69 Å². The van der Waals surface area contributed by atoms with E-state index < -0.39 is 0 Å². The number of hydrogen-bond donors (Lipinski definition) is 1.